The van der Waals surface area contributed by atoms with E-state index in [-0.39, 0.29) is 11.0 Å². The first-order valence-electron chi connectivity index (χ1n) is 8.09. The van der Waals surface area contributed by atoms with Gasteiger partial charge in [0.25, 0.3) is 0 Å². The molecule has 0 saturated carbocycles. The molecule has 0 bridgehead atoms. The molecule has 1 heterocycles. The van der Waals surface area contributed by atoms with Gasteiger partial charge in [0.2, 0.25) is 5.91 Å². The number of rotatable bonds is 7. The van der Waals surface area contributed by atoms with Crippen molar-refractivity contribution < 1.29 is 9.53 Å². The quantitative estimate of drug-likeness (QED) is 0.545. The van der Waals surface area contributed by atoms with Crippen molar-refractivity contribution in [3.05, 3.63) is 52.7 Å². The van der Waals surface area contributed by atoms with Crippen LogP contribution in [-0.4, -0.2) is 17.6 Å². The predicted octanol–water partition coefficient (Wildman–Crippen LogP) is 4.70. The normalized spacial score (nSPS) is 10.8. The van der Waals surface area contributed by atoms with Gasteiger partial charge in [0.15, 0.2) is 5.11 Å². The van der Waals surface area contributed by atoms with Gasteiger partial charge in [-0.15, -0.1) is 11.3 Å². The Kier molecular flexibility index (Phi) is 7.63. The Morgan fingerprint density at radius 3 is 2.68 bits per heavy atom. The summed E-state index contributed by atoms with van der Waals surface area (Å²) in [6.07, 6.45) is 4.24. The SMILES string of the molecule is CC(C)CCOc1ccc(NC(=S)NC(=O)C=Cc2cccs2)cc1. The molecule has 6 heteroatoms. The summed E-state index contributed by atoms with van der Waals surface area (Å²) in [5, 5.41) is 7.82. The summed E-state index contributed by atoms with van der Waals surface area (Å²) in [6.45, 7) is 5.04. The number of ether oxygens (including phenoxy) is 1. The van der Waals surface area contributed by atoms with Crippen LogP contribution in [0.1, 0.15) is 25.1 Å². The number of anilines is 1. The van der Waals surface area contributed by atoms with E-state index in [1.54, 1.807) is 17.4 Å². The summed E-state index contributed by atoms with van der Waals surface area (Å²) in [7, 11) is 0. The van der Waals surface area contributed by atoms with Gasteiger partial charge in [-0.25, -0.2) is 0 Å². The van der Waals surface area contributed by atoms with E-state index in [0.717, 1.165) is 22.7 Å². The van der Waals surface area contributed by atoms with E-state index >= 15 is 0 Å². The second-order valence-electron chi connectivity index (χ2n) is 5.85. The number of nitrogens with one attached hydrogen (secondary N) is 2. The average molecular weight is 375 g/mol. The molecule has 0 aliphatic rings. The first-order chi connectivity index (χ1) is 12.0. The lowest BCUT2D eigenvalue weighted by molar-refractivity contribution is -0.115. The minimum Gasteiger partial charge on any atom is -0.494 e. The third kappa shape index (κ3) is 7.49. The summed E-state index contributed by atoms with van der Waals surface area (Å²) >= 11 is 6.72. The molecule has 4 nitrogen and oxygen atoms in total. The summed E-state index contributed by atoms with van der Waals surface area (Å²) < 4.78 is 5.67. The fraction of sp³-hybridized carbons (Fsp3) is 0.263. The third-order valence-electron chi connectivity index (χ3n) is 3.26. The van der Waals surface area contributed by atoms with Gasteiger partial charge >= 0.3 is 0 Å². The number of thiophene rings is 1. The number of hydrogen-bond acceptors (Lipinski definition) is 4. The van der Waals surface area contributed by atoms with Crippen molar-refractivity contribution in [1.29, 1.82) is 0 Å². The van der Waals surface area contributed by atoms with Crippen LogP contribution in [0.4, 0.5) is 5.69 Å². The minimum absolute atomic E-state index is 0.259. The fourth-order valence-electron chi connectivity index (χ4n) is 1.91. The molecule has 1 amide bonds. The number of hydrogen-bond donors (Lipinski definition) is 2. The van der Waals surface area contributed by atoms with Crippen LogP contribution >= 0.6 is 23.6 Å². The molecule has 2 rings (SSSR count). The van der Waals surface area contributed by atoms with Crippen molar-refractivity contribution in [3.63, 3.8) is 0 Å². The molecule has 1 aromatic carbocycles. The highest BCUT2D eigenvalue weighted by Gasteiger charge is 2.03. The zero-order valence-corrected chi connectivity index (χ0v) is 16.0. The van der Waals surface area contributed by atoms with E-state index in [1.807, 2.05) is 41.8 Å². The molecule has 2 N–H and O–H groups in total. The van der Waals surface area contributed by atoms with E-state index < -0.39 is 0 Å². The van der Waals surface area contributed by atoms with Gasteiger partial charge in [-0.3, -0.25) is 10.1 Å². The van der Waals surface area contributed by atoms with Crippen LogP contribution in [0.25, 0.3) is 6.08 Å². The Balaban J connectivity index is 1.77. The van der Waals surface area contributed by atoms with Crippen LogP contribution in [0.5, 0.6) is 5.75 Å². The number of amides is 1. The van der Waals surface area contributed by atoms with Gasteiger partial charge in [0, 0.05) is 16.6 Å². The Morgan fingerprint density at radius 1 is 1.28 bits per heavy atom. The average Bonchev–Trinajstić information content (AvgIpc) is 3.07. The van der Waals surface area contributed by atoms with Crippen LogP contribution in [0, 0.1) is 5.92 Å². The number of thiocarbonyl (C=S) groups is 1. The second kappa shape index (κ2) is 9.96. The second-order valence-corrected chi connectivity index (χ2v) is 7.24. The lowest BCUT2D eigenvalue weighted by atomic mass is 10.1. The Morgan fingerprint density at radius 2 is 2.04 bits per heavy atom. The molecule has 132 valence electrons. The van der Waals surface area contributed by atoms with Crippen molar-refractivity contribution in [1.82, 2.24) is 5.32 Å². The zero-order chi connectivity index (χ0) is 18.1. The highest BCUT2D eigenvalue weighted by molar-refractivity contribution is 7.80. The van der Waals surface area contributed by atoms with Gasteiger partial charge in [0.05, 0.1) is 6.61 Å². The minimum atomic E-state index is -0.264. The molecule has 0 atom stereocenters. The standard InChI is InChI=1S/C19H22N2O2S2/c1-14(2)11-12-23-16-7-5-15(6-8-16)20-19(24)21-18(22)10-9-17-4-3-13-25-17/h3-10,13-14H,11-12H2,1-2H3,(H2,20,21,22,24). The third-order valence-corrected chi connectivity index (χ3v) is 4.30. The molecular weight excluding hydrogens is 352 g/mol. The van der Waals surface area contributed by atoms with Crippen molar-refractivity contribution in [2.45, 2.75) is 20.3 Å². The van der Waals surface area contributed by atoms with E-state index in [0.29, 0.717) is 12.5 Å². The molecule has 1 aromatic heterocycles. The van der Waals surface area contributed by atoms with Crippen LogP contribution in [0.2, 0.25) is 0 Å². The maximum Gasteiger partial charge on any atom is 0.250 e. The molecule has 2 aromatic rings. The topological polar surface area (TPSA) is 50.4 Å². The van der Waals surface area contributed by atoms with Crippen molar-refractivity contribution in [2.24, 2.45) is 5.92 Å². The lowest BCUT2D eigenvalue weighted by Crippen LogP contribution is -2.32. The van der Waals surface area contributed by atoms with Crippen molar-refractivity contribution in [2.75, 3.05) is 11.9 Å². The first kappa shape index (κ1) is 19.1. The molecule has 0 aliphatic carbocycles. The molecule has 0 fully saturated rings. The van der Waals surface area contributed by atoms with Gasteiger partial charge in [-0.2, -0.15) is 0 Å². The Labute approximate surface area is 157 Å². The maximum absolute atomic E-state index is 11.8. The van der Waals surface area contributed by atoms with Gasteiger partial charge in [-0.05, 0) is 66.3 Å². The molecule has 0 unspecified atom stereocenters. The summed E-state index contributed by atoms with van der Waals surface area (Å²) in [6, 6.07) is 11.4. The molecule has 0 saturated heterocycles. The van der Waals surface area contributed by atoms with E-state index in [1.165, 1.54) is 6.08 Å². The Bertz CT molecular complexity index is 708. The van der Waals surface area contributed by atoms with E-state index in [2.05, 4.69) is 24.5 Å². The first-order valence-corrected chi connectivity index (χ1v) is 9.38. The van der Waals surface area contributed by atoms with Gasteiger partial charge in [0.1, 0.15) is 5.75 Å². The molecular formula is C19H22N2O2S2. The van der Waals surface area contributed by atoms with Gasteiger partial charge < -0.3 is 10.1 Å². The Hall–Kier alpha value is -2.18. The maximum atomic E-state index is 11.8. The predicted molar refractivity (Wildman–Crippen MR) is 109 cm³/mol. The fourth-order valence-corrected chi connectivity index (χ4v) is 2.74. The van der Waals surface area contributed by atoms with Crippen LogP contribution in [0.15, 0.2) is 47.9 Å². The lowest BCUT2D eigenvalue weighted by Gasteiger charge is -2.10. The van der Waals surface area contributed by atoms with E-state index in [9.17, 15) is 4.79 Å². The monoisotopic (exact) mass is 374 g/mol. The number of carbonyl (C=O) groups excluding carboxylic acids is 1. The highest BCUT2D eigenvalue weighted by Crippen LogP contribution is 2.16. The van der Waals surface area contributed by atoms with Crippen molar-refractivity contribution >= 4 is 46.3 Å². The van der Waals surface area contributed by atoms with Crippen molar-refractivity contribution in [3.8, 4) is 5.75 Å². The van der Waals surface area contributed by atoms with Crippen LogP contribution in [0.3, 0.4) is 0 Å². The zero-order valence-electron chi connectivity index (χ0n) is 14.3. The summed E-state index contributed by atoms with van der Waals surface area (Å²) in [5.74, 6) is 1.18. The van der Waals surface area contributed by atoms with Crippen LogP contribution in [-0.2, 0) is 4.79 Å². The number of benzene rings is 1. The molecule has 0 radical (unpaired) electrons. The van der Waals surface area contributed by atoms with Gasteiger partial charge in [-0.1, -0.05) is 19.9 Å². The molecule has 0 aliphatic heterocycles. The van der Waals surface area contributed by atoms with Crippen LogP contribution < -0.4 is 15.4 Å². The summed E-state index contributed by atoms with van der Waals surface area (Å²) in [5.41, 5.74) is 0.795. The highest BCUT2D eigenvalue weighted by atomic mass is 32.1. The van der Waals surface area contributed by atoms with E-state index in [4.69, 9.17) is 17.0 Å². The largest absolute Gasteiger partial charge is 0.494 e. The molecule has 25 heavy (non-hydrogen) atoms. The smallest absolute Gasteiger partial charge is 0.250 e. The summed E-state index contributed by atoms with van der Waals surface area (Å²) in [4.78, 5) is 12.8. The molecule has 0 spiro atoms. The number of carbonyl (C=O) groups is 1.